The van der Waals surface area contributed by atoms with Gasteiger partial charge in [-0.1, -0.05) is 18.2 Å². The second-order valence-electron chi connectivity index (χ2n) is 7.72. The van der Waals surface area contributed by atoms with Crippen molar-refractivity contribution in [3.63, 3.8) is 0 Å². The molecule has 1 saturated heterocycles. The fourth-order valence-electron chi connectivity index (χ4n) is 4.27. The van der Waals surface area contributed by atoms with E-state index in [0.717, 1.165) is 51.3 Å². The molecule has 3 nitrogen and oxygen atoms in total. The molecular weight excluding hydrogens is 329 g/mol. The molecule has 3 fully saturated rings. The molecule has 4 rings (SSSR count). The van der Waals surface area contributed by atoms with Crippen molar-refractivity contribution in [2.24, 2.45) is 11.3 Å². The van der Waals surface area contributed by atoms with E-state index >= 15 is 0 Å². The Morgan fingerprint density at radius 2 is 1.88 bits per heavy atom. The first-order chi connectivity index (χ1) is 11.9. The minimum Gasteiger partial charge on any atom is -0.335 e. The normalized spacial score (nSPS) is 25.0. The number of hydrogen-bond acceptors (Lipinski definition) is 2. The van der Waals surface area contributed by atoms with Gasteiger partial charge >= 0.3 is 6.18 Å². The van der Waals surface area contributed by atoms with Crippen molar-refractivity contribution in [3.05, 3.63) is 35.4 Å². The summed E-state index contributed by atoms with van der Waals surface area (Å²) in [5.41, 5.74) is -0.310. The van der Waals surface area contributed by atoms with Gasteiger partial charge in [0.05, 0.1) is 5.56 Å². The Morgan fingerprint density at radius 3 is 2.52 bits per heavy atom. The highest BCUT2D eigenvalue weighted by Gasteiger charge is 2.59. The molecule has 6 heteroatoms. The molecule has 1 aromatic carbocycles. The second-order valence-corrected chi connectivity index (χ2v) is 7.72. The van der Waals surface area contributed by atoms with Gasteiger partial charge in [-0.25, -0.2) is 0 Å². The SMILES string of the molecule is O=C(C1CC12CCNCC2)N(Cc1ccccc1C(F)(F)F)C1CC1. The average molecular weight is 352 g/mol. The highest BCUT2D eigenvalue weighted by molar-refractivity contribution is 5.83. The van der Waals surface area contributed by atoms with Gasteiger partial charge in [0.2, 0.25) is 5.91 Å². The smallest absolute Gasteiger partial charge is 0.335 e. The van der Waals surface area contributed by atoms with Crippen LogP contribution in [0.25, 0.3) is 0 Å². The lowest BCUT2D eigenvalue weighted by molar-refractivity contribution is -0.140. The largest absolute Gasteiger partial charge is 0.416 e. The average Bonchev–Trinajstić information content (AvgIpc) is 3.49. The first kappa shape index (κ1) is 16.9. The zero-order chi connectivity index (χ0) is 17.7. The third-order valence-corrected chi connectivity index (χ3v) is 6.02. The number of carbonyl (C=O) groups is 1. The van der Waals surface area contributed by atoms with Gasteiger partial charge in [-0.3, -0.25) is 4.79 Å². The number of benzene rings is 1. The molecule has 1 aliphatic heterocycles. The number of hydrogen-bond donors (Lipinski definition) is 1. The van der Waals surface area contributed by atoms with E-state index in [1.54, 1.807) is 11.0 Å². The van der Waals surface area contributed by atoms with Gasteiger partial charge in [-0.2, -0.15) is 13.2 Å². The van der Waals surface area contributed by atoms with E-state index in [1.165, 1.54) is 12.1 Å². The quantitative estimate of drug-likeness (QED) is 0.898. The van der Waals surface area contributed by atoms with Crippen molar-refractivity contribution in [3.8, 4) is 0 Å². The van der Waals surface area contributed by atoms with Crippen LogP contribution in [-0.2, 0) is 17.5 Å². The van der Waals surface area contributed by atoms with Gasteiger partial charge in [0.1, 0.15) is 0 Å². The Balaban J connectivity index is 1.53. The second kappa shape index (κ2) is 6.01. The number of nitrogens with zero attached hydrogens (tertiary/aromatic N) is 1. The number of piperidine rings is 1. The summed E-state index contributed by atoms with van der Waals surface area (Å²) in [7, 11) is 0. The van der Waals surface area contributed by atoms with Crippen molar-refractivity contribution in [1.82, 2.24) is 10.2 Å². The Hall–Kier alpha value is -1.56. The monoisotopic (exact) mass is 352 g/mol. The van der Waals surface area contributed by atoms with Crippen LogP contribution in [0, 0.1) is 11.3 Å². The third kappa shape index (κ3) is 3.28. The summed E-state index contributed by atoms with van der Waals surface area (Å²) in [6.45, 7) is 1.94. The van der Waals surface area contributed by atoms with Crippen molar-refractivity contribution >= 4 is 5.91 Å². The Morgan fingerprint density at radius 1 is 1.20 bits per heavy atom. The summed E-state index contributed by atoms with van der Waals surface area (Å²) >= 11 is 0. The van der Waals surface area contributed by atoms with E-state index in [9.17, 15) is 18.0 Å². The van der Waals surface area contributed by atoms with Crippen LogP contribution in [0.4, 0.5) is 13.2 Å². The molecule has 1 unspecified atom stereocenters. The fraction of sp³-hybridized carbons (Fsp3) is 0.632. The summed E-state index contributed by atoms with van der Waals surface area (Å²) in [5.74, 6) is 0.0784. The molecular formula is C19H23F3N2O. The van der Waals surface area contributed by atoms with Crippen molar-refractivity contribution in [1.29, 1.82) is 0 Å². The van der Waals surface area contributed by atoms with Crippen LogP contribution in [0.15, 0.2) is 24.3 Å². The molecule has 2 aliphatic carbocycles. The van der Waals surface area contributed by atoms with Gasteiger partial charge in [-0.15, -0.1) is 0 Å². The van der Waals surface area contributed by atoms with Gasteiger partial charge in [0, 0.05) is 18.5 Å². The molecule has 0 bridgehead atoms. The highest BCUT2D eigenvalue weighted by atomic mass is 19.4. The van der Waals surface area contributed by atoms with E-state index < -0.39 is 11.7 Å². The molecule has 0 radical (unpaired) electrons. The number of rotatable bonds is 4. The first-order valence-electron chi connectivity index (χ1n) is 9.07. The Labute approximate surface area is 145 Å². The number of amides is 1. The van der Waals surface area contributed by atoms with E-state index in [1.807, 2.05) is 0 Å². The van der Waals surface area contributed by atoms with Crippen molar-refractivity contribution in [2.45, 2.75) is 50.9 Å². The predicted octanol–water partition coefficient (Wildman–Crippen LogP) is 3.59. The van der Waals surface area contributed by atoms with Gasteiger partial charge < -0.3 is 10.2 Å². The number of carbonyl (C=O) groups excluding carboxylic acids is 1. The van der Waals surface area contributed by atoms with Crippen LogP contribution in [-0.4, -0.2) is 29.9 Å². The molecule has 1 amide bonds. The van der Waals surface area contributed by atoms with E-state index in [4.69, 9.17) is 0 Å². The van der Waals surface area contributed by atoms with Gasteiger partial charge in [0.15, 0.2) is 0 Å². The lowest BCUT2D eigenvalue weighted by Crippen LogP contribution is -2.37. The molecule has 25 heavy (non-hydrogen) atoms. The Bertz CT molecular complexity index is 663. The highest BCUT2D eigenvalue weighted by Crippen LogP contribution is 2.59. The third-order valence-electron chi connectivity index (χ3n) is 6.02. The molecule has 136 valence electrons. The molecule has 1 spiro atoms. The summed E-state index contributed by atoms with van der Waals surface area (Å²) in [6.07, 6.45) is 0.326. The summed E-state index contributed by atoms with van der Waals surface area (Å²) < 4.78 is 39.8. The zero-order valence-electron chi connectivity index (χ0n) is 14.1. The number of halogens is 3. The maximum absolute atomic E-state index is 13.3. The molecule has 1 aromatic rings. The van der Waals surface area contributed by atoms with Gasteiger partial charge in [-0.05, 0) is 62.2 Å². The minimum atomic E-state index is -4.38. The summed E-state index contributed by atoms with van der Waals surface area (Å²) in [6, 6.07) is 5.74. The topological polar surface area (TPSA) is 32.3 Å². The van der Waals surface area contributed by atoms with E-state index in [0.29, 0.717) is 0 Å². The van der Waals surface area contributed by atoms with Crippen LogP contribution < -0.4 is 5.32 Å². The standard InChI is InChI=1S/C19H23F3N2O/c20-19(21,22)15-4-2-1-3-13(15)12-24(14-5-6-14)17(25)16-11-18(16)7-9-23-10-8-18/h1-4,14,16,23H,5-12H2. The van der Waals surface area contributed by atoms with Crippen LogP contribution in [0.2, 0.25) is 0 Å². The van der Waals surface area contributed by atoms with Crippen LogP contribution in [0.1, 0.15) is 43.2 Å². The number of nitrogens with one attached hydrogen (secondary N) is 1. The predicted molar refractivity (Wildman–Crippen MR) is 87.7 cm³/mol. The lowest BCUT2D eigenvalue weighted by Gasteiger charge is -2.28. The molecule has 3 aliphatic rings. The zero-order valence-corrected chi connectivity index (χ0v) is 14.1. The Kier molecular flexibility index (Phi) is 4.06. The maximum Gasteiger partial charge on any atom is 0.416 e. The van der Waals surface area contributed by atoms with Crippen molar-refractivity contribution < 1.29 is 18.0 Å². The number of alkyl halides is 3. The summed E-state index contributed by atoms with van der Waals surface area (Å²) in [5, 5.41) is 3.32. The lowest BCUT2D eigenvalue weighted by atomic mass is 9.91. The maximum atomic E-state index is 13.3. The van der Waals surface area contributed by atoms with Crippen molar-refractivity contribution in [2.75, 3.05) is 13.1 Å². The fourth-order valence-corrected chi connectivity index (χ4v) is 4.27. The van der Waals surface area contributed by atoms with Crippen LogP contribution >= 0.6 is 0 Å². The van der Waals surface area contributed by atoms with Crippen LogP contribution in [0.5, 0.6) is 0 Å². The van der Waals surface area contributed by atoms with Crippen LogP contribution in [0.3, 0.4) is 0 Å². The molecule has 1 heterocycles. The van der Waals surface area contributed by atoms with E-state index in [2.05, 4.69) is 5.32 Å². The van der Waals surface area contributed by atoms with Gasteiger partial charge in [0.25, 0.3) is 0 Å². The minimum absolute atomic E-state index is 0.00764. The molecule has 0 aromatic heterocycles. The molecule has 1 atom stereocenters. The summed E-state index contributed by atoms with van der Waals surface area (Å²) in [4.78, 5) is 14.8. The van der Waals surface area contributed by atoms with E-state index in [-0.39, 0.29) is 35.4 Å². The first-order valence-corrected chi connectivity index (χ1v) is 9.07. The molecule has 2 saturated carbocycles. The molecule has 1 N–H and O–H groups in total.